The van der Waals surface area contributed by atoms with Crippen LogP contribution in [0.25, 0.3) is 16.1 Å². The van der Waals surface area contributed by atoms with Gasteiger partial charge in [-0.1, -0.05) is 11.3 Å². The summed E-state index contributed by atoms with van der Waals surface area (Å²) in [6, 6.07) is 11.8. The van der Waals surface area contributed by atoms with E-state index in [1.54, 1.807) is 19.1 Å². The smallest absolute Gasteiger partial charge is 0.355 e. The Morgan fingerprint density at radius 3 is 2.71 bits per heavy atom. The molecule has 106 valence electrons. The highest BCUT2D eigenvalue weighted by atomic mass is 32.1. The molecule has 0 aliphatic carbocycles. The molecule has 0 saturated heterocycles. The van der Waals surface area contributed by atoms with Gasteiger partial charge in [-0.25, -0.2) is 9.18 Å². The summed E-state index contributed by atoms with van der Waals surface area (Å²) in [6.45, 7) is 2.09. The Balaban J connectivity index is 2.24. The van der Waals surface area contributed by atoms with E-state index in [4.69, 9.17) is 4.74 Å². The summed E-state index contributed by atoms with van der Waals surface area (Å²) < 4.78 is 20.2. The SMILES string of the molecule is CCOC(=O)c1sc2cccc[n+]2c1-c1ccc(F)cc1. The molecule has 0 unspecified atom stereocenters. The second-order valence-electron chi connectivity index (χ2n) is 4.42. The van der Waals surface area contributed by atoms with E-state index in [2.05, 4.69) is 0 Å². The van der Waals surface area contributed by atoms with Crippen molar-refractivity contribution in [2.45, 2.75) is 6.92 Å². The number of pyridine rings is 1. The number of aromatic nitrogens is 1. The predicted octanol–water partition coefficient (Wildman–Crippen LogP) is 3.47. The fourth-order valence-electron chi connectivity index (χ4n) is 2.17. The lowest BCUT2D eigenvalue weighted by Crippen LogP contribution is -2.22. The number of rotatable bonds is 3. The molecule has 0 radical (unpaired) electrons. The Labute approximate surface area is 125 Å². The highest BCUT2D eigenvalue weighted by Gasteiger charge is 2.28. The summed E-state index contributed by atoms with van der Waals surface area (Å²) in [5, 5.41) is 0. The summed E-state index contributed by atoms with van der Waals surface area (Å²) in [7, 11) is 0. The number of halogens is 1. The Morgan fingerprint density at radius 2 is 2.00 bits per heavy atom. The summed E-state index contributed by atoms with van der Waals surface area (Å²) in [5.41, 5.74) is 1.51. The average molecular weight is 302 g/mol. The van der Waals surface area contributed by atoms with Gasteiger partial charge >= 0.3 is 5.97 Å². The van der Waals surface area contributed by atoms with Crippen molar-refractivity contribution in [1.29, 1.82) is 0 Å². The van der Waals surface area contributed by atoms with Crippen molar-refractivity contribution in [3.8, 4) is 11.3 Å². The maximum atomic E-state index is 13.1. The van der Waals surface area contributed by atoms with Crippen LogP contribution < -0.4 is 4.40 Å². The first kappa shape index (κ1) is 13.7. The van der Waals surface area contributed by atoms with Gasteiger partial charge in [0.15, 0.2) is 11.1 Å². The van der Waals surface area contributed by atoms with Gasteiger partial charge < -0.3 is 4.74 Å². The maximum Gasteiger partial charge on any atom is 0.355 e. The van der Waals surface area contributed by atoms with Gasteiger partial charge in [0.2, 0.25) is 5.69 Å². The van der Waals surface area contributed by atoms with Crippen LogP contribution in [0.15, 0.2) is 48.7 Å². The van der Waals surface area contributed by atoms with Crippen LogP contribution in [0, 0.1) is 5.82 Å². The topological polar surface area (TPSA) is 30.4 Å². The minimum atomic E-state index is -0.356. The van der Waals surface area contributed by atoms with Crippen LogP contribution >= 0.6 is 11.3 Å². The third-order valence-corrected chi connectivity index (χ3v) is 4.17. The van der Waals surface area contributed by atoms with Gasteiger partial charge in [0, 0.05) is 17.7 Å². The number of fused-ring (bicyclic) bond motifs is 1. The van der Waals surface area contributed by atoms with E-state index in [0.29, 0.717) is 11.5 Å². The molecule has 0 saturated carbocycles. The molecule has 2 heterocycles. The summed E-state index contributed by atoms with van der Waals surface area (Å²) in [4.78, 5) is 13.6. The molecule has 0 aliphatic rings. The van der Waals surface area contributed by atoms with Crippen LogP contribution in [-0.4, -0.2) is 12.6 Å². The monoisotopic (exact) mass is 302 g/mol. The molecule has 0 fully saturated rings. The molecule has 3 rings (SSSR count). The van der Waals surface area contributed by atoms with E-state index in [1.165, 1.54) is 23.5 Å². The number of hydrogen-bond acceptors (Lipinski definition) is 3. The first-order valence-electron chi connectivity index (χ1n) is 6.57. The van der Waals surface area contributed by atoms with Crippen molar-refractivity contribution in [2.75, 3.05) is 6.61 Å². The maximum absolute atomic E-state index is 13.1. The zero-order valence-electron chi connectivity index (χ0n) is 11.4. The zero-order chi connectivity index (χ0) is 14.8. The molecule has 3 aromatic rings. The summed E-state index contributed by atoms with van der Waals surface area (Å²) in [5.74, 6) is -0.661. The van der Waals surface area contributed by atoms with Gasteiger partial charge in [0.1, 0.15) is 5.82 Å². The number of nitrogens with zero attached hydrogens (tertiary/aromatic N) is 1. The zero-order valence-corrected chi connectivity index (χ0v) is 12.2. The molecular formula is C16H13FNO2S+. The Kier molecular flexibility index (Phi) is 3.66. The second kappa shape index (κ2) is 5.61. The number of esters is 1. The minimum Gasteiger partial charge on any atom is -0.462 e. The van der Waals surface area contributed by atoms with Gasteiger partial charge in [-0.05, 0) is 37.3 Å². The van der Waals surface area contributed by atoms with Crippen LogP contribution in [0.3, 0.4) is 0 Å². The lowest BCUT2D eigenvalue weighted by molar-refractivity contribution is -0.495. The van der Waals surface area contributed by atoms with Gasteiger partial charge in [0.05, 0.1) is 6.61 Å². The third-order valence-electron chi connectivity index (χ3n) is 3.06. The normalized spacial score (nSPS) is 10.8. The van der Waals surface area contributed by atoms with E-state index in [-0.39, 0.29) is 11.8 Å². The van der Waals surface area contributed by atoms with Crippen molar-refractivity contribution in [2.24, 2.45) is 0 Å². The van der Waals surface area contributed by atoms with Crippen molar-refractivity contribution < 1.29 is 18.3 Å². The van der Waals surface area contributed by atoms with E-state index in [1.807, 2.05) is 28.8 Å². The van der Waals surface area contributed by atoms with Gasteiger partial charge in [-0.2, -0.15) is 0 Å². The standard InChI is InChI=1S/C16H13FNO2S/c1-2-20-16(19)15-14(11-6-8-12(17)9-7-11)18-10-4-3-5-13(18)21-15/h3-10H,2H2,1H3/q+1. The molecule has 0 bridgehead atoms. The Morgan fingerprint density at radius 1 is 1.24 bits per heavy atom. The number of benzene rings is 1. The van der Waals surface area contributed by atoms with Gasteiger partial charge in [-0.15, -0.1) is 4.40 Å². The van der Waals surface area contributed by atoms with Crippen LogP contribution in [0.1, 0.15) is 16.6 Å². The first-order chi connectivity index (χ1) is 10.2. The Hall–Kier alpha value is -2.27. The van der Waals surface area contributed by atoms with E-state index in [9.17, 15) is 9.18 Å². The lowest BCUT2D eigenvalue weighted by atomic mass is 10.1. The molecule has 0 N–H and O–H groups in total. The lowest BCUT2D eigenvalue weighted by Gasteiger charge is -2.00. The second-order valence-corrected chi connectivity index (χ2v) is 5.45. The van der Waals surface area contributed by atoms with Crippen LogP contribution in [0.2, 0.25) is 0 Å². The van der Waals surface area contributed by atoms with Gasteiger partial charge in [-0.3, -0.25) is 0 Å². The quantitative estimate of drug-likeness (QED) is 0.548. The van der Waals surface area contributed by atoms with Crippen LogP contribution in [-0.2, 0) is 4.74 Å². The number of carbonyl (C=O) groups is 1. The minimum absolute atomic E-state index is 0.305. The first-order valence-corrected chi connectivity index (χ1v) is 7.38. The molecule has 0 atom stereocenters. The Bertz CT molecular complexity index is 796. The van der Waals surface area contributed by atoms with Gasteiger partial charge in [0.25, 0.3) is 4.83 Å². The van der Waals surface area contributed by atoms with Crippen molar-refractivity contribution >= 4 is 22.1 Å². The highest BCUT2D eigenvalue weighted by Crippen LogP contribution is 2.28. The summed E-state index contributed by atoms with van der Waals surface area (Å²) in [6.07, 6.45) is 1.88. The third kappa shape index (κ3) is 2.52. The number of ether oxygens (including phenoxy) is 1. The van der Waals surface area contributed by atoms with Crippen molar-refractivity contribution in [1.82, 2.24) is 0 Å². The average Bonchev–Trinajstić information content (AvgIpc) is 2.88. The number of hydrogen-bond donors (Lipinski definition) is 0. The predicted molar refractivity (Wildman–Crippen MR) is 78.8 cm³/mol. The fraction of sp³-hybridized carbons (Fsp3) is 0.125. The molecule has 21 heavy (non-hydrogen) atoms. The molecule has 3 nitrogen and oxygen atoms in total. The van der Waals surface area contributed by atoms with Crippen molar-refractivity contribution in [3.63, 3.8) is 0 Å². The van der Waals surface area contributed by atoms with E-state index in [0.717, 1.165) is 16.1 Å². The highest BCUT2D eigenvalue weighted by molar-refractivity contribution is 7.19. The summed E-state index contributed by atoms with van der Waals surface area (Å²) >= 11 is 1.37. The van der Waals surface area contributed by atoms with Crippen LogP contribution in [0.4, 0.5) is 4.39 Å². The number of carbonyl (C=O) groups excluding carboxylic acids is 1. The van der Waals surface area contributed by atoms with E-state index >= 15 is 0 Å². The molecule has 5 heteroatoms. The largest absolute Gasteiger partial charge is 0.462 e. The molecule has 0 aliphatic heterocycles. The van der Waals surface area contributed by atoms with Crippen molar-refractivity contribution in [3.05, 3.63) is 59.4 Å². The number of thiazole rings is 1. The molecule has 0 spiro atoms. The fourth-order valence-corrected chi connectivity index (χ4v) is 3.23. The molecular weight excluding hydrogens is 289 g/mol. The van der Waals surface area contributed by atoms with Crippen LogP contribution in [0.5, 0.6) is 0 Å². The molecule has 1 aromatic carbocycles. The molecule has 2 aromatic heterocycles. The molecule has 0 amide bonds. The van der Waals surface area contributed by atoms with E-state index < -0.39 is 0 Å².